The Hall–Kier alpha value is -2.73. The van der Waals surface area contributed by atoms with Gasteiger partial charge in [0.05, 0.1) is 11.4 Å². The molecule has 2 aromatic rings. The molecule has 1 aromatic heterocycles. The zero-order valence-electron chi connectivity index (χ0n) is 15.7. The van der Waals surface area contributed by atoms with Crippen molar-refractivity contribution in [2.24, 2.45) is 5.41 Å². The maximum atomic E-state index is 12.2. The van der Waals surface area contributed by atoms with Crippen LogP contribution < -0.4 is 5.32 Å². The highest BCUT2D eigenvalue weighted by Crippen LogP contribution is 2.18. The number of benzene rings is 1. The van der Waals surface area contributed by atoms with Crippen LogP contribution in [-0.2, 0) is 20.9 Å². The van der Waals surface area contributed by atoms with Crippen LogP contribution in [0.25, 0.3) is 6.08 Å². The van der Waals surface area contributed by atoms with E-state index in [-0.39, 0.29) is 18.3 Å². The summed E-state index contributed by atoms with van der Waals surface area (Å²) in [6, 6.07) is 12.8. The zero-order chi connectivity index (χ0) is 19.9. The quantitative estimate of drug-likeness (QED) is 0.446. The van der Waals surface area contributed by atoms with Crippen LogP contribution in [0, 0.1) is 5.41 Å². The summed E-state index contributed by atoms with van der Waals surface area (Å²) in [6.07, 6.45) is 2.93. The lowest BCUT2D eigenvalue weighted by Crippen LogP contribution is -2.34. The molecule has 5 nitrogen and oxygen atoms in total. The minimum atomic E-state index is -0.568. The predicted molar refractivity (Wildman–Crippen MR) is 106 cm³/mol. The number of thiophene rings is 1. The second-order valence-electron chi connectivity index (χ2n) is 6.97. The summed E-state index contributed by atoms with van der Waals surface area (Å²) < 4.78 is 4.99. The van der Waals surface area contributed by atoms with Crippen molar-refractivity contribution in [3.8, 4) is 0 Å². The van der Waals surface area contributed by atoms with E-state index in [1.54, 1.807) is 18.2 Å². The van der Waals surface area contributed by atoms with Gasteiger partial charge in [0.1, 0.15) is 0 Å². The topological polar surface area (TPSA) is 72.5 Å². The van der Waals surface area contributed by atoms with Gasteiger partial charge in [0, 0.05) is 16.4 Å². The van der Waals surface area contributed by atoms with E-state index in [1.807, 2.05) is 51.1 Å². The van der Waals surface area contributed by atoms with Crippen molar-refractivity contribution >= 4 is 35.1 Å². The molecule has 0 saturated heterocycles. The van der Waals surface area contributed by atoms with Crippen molar-refractivity contribution in [1.29, 1.82) is 0 Å². The van der Waals surface area contributed by atoms with Gasteiger partial charge in [-0.05, 0) is 23.8 Å². The molecular formula is C21H23NO4S. The van der Waals surface area contributed by atoms with Gasteiger partial charge in [0.25, 0.3) is 0 Å². The van der Waals surface area contributed by atoms with E-state index in [4.69, 9.17) is 4.74 Å². The van der Waals surface area contributed by atoms with Crippen molar-refractivity contribution in [3.63, 3.8) is 0 Å². The fourth-order valence-corrected chi connectivity index (χ4v) is 2.91. The number of hydrogen-bond donors (Lipinski definition) is 1. The molecule has 0 bridgehead atoms. The fourth-order valence-electron chi connectivity index (χ4n) is 2.04. The molecule has 1 amide bonds. The van der Waals surface area contributed by atoms with Gasteiger partial charge >= 0.3 is 5.97 Å². The van der Waals surface area contributed by atoms with E-state index < -0.39 is 11.4 Å². The monoisotopic (exact) mass is 385 g/mol. The molecule has 0 radical (unpaired) electrons. The van der Waals surface area contributed by atoms with Gasteiger partial charge in [-0.25, -0.2) is 4.79 Å². The lowest BCUT2D eigenvalue weighted by atomic mass is 9.96. The molecule has 27 heavy (non-hydrogen) atoms. The molecule has 1 N–H and O–H groups in total. The maximum absolute atomic E-state index is 12.2. The molecular weight excluding hydrogens is 362 g/mol. The number of carbonyl (C=O) groups excluding carboxylic acids is 3. The van der Waals surface area contributed by atoms with Crippen LogP contribution in [0.15, 0.2) is 48.5 Å². The molecule has 0 unspecified atom stereocenters. The third-order valence-electron chi connectivity index (χ3n) is 3.60. The average Bonchev–Trinajstić information content (AvgIpc) is 3.11. The first-order valence-corrected chi connectivity index (χ1v) is 9.37. The number of ether oxygens (including phenoxy) is 1. The zero-order valence-corrected chi connectivity index (χ0v) is 16.5. The summed E-state index contributed by atoms with van der Waals surface area (Å²) >= 11 is 1.28. The molecule has 0 fully saturated rings. The standard InChI is InChI=1S/C21H23NO4S/c1-21(2,3)20(25)22-13-16-10-11-18(27-16)17(23)14-26-19(24)12-9-15-7-5-4-6-8-15/h4-12H,13-14H2,1-3H3,(H,22,25)/b12-9+. The fraction of sp³-hybridized carbons (Fsp3) is 0.286. The third kappa shape index (κ3) is 6.83. The van der Waals surface area contributed by atoms with Gasteiger partial charge in [-0.2, -0.15) is 0 Å². The number of esters is 1. The third-order valence-corrected chi connectivity index (χ3v) is 4.72. The maximum Gasteiger partial charge on any atom is 0.331 e. The number of rotatable bonds is 7. The van der Waals surface area contributed by atoms with E-state index in [9.17, 15) is 14.4 Å². The van der Waals surface area contributed by atoms with Crippen LogP contribution >= 0.6 is 11.3 Å². The van der Waals surface area contributed by atoms with E-state index in [0.29, 0.717) is 11.4 Å². The van der Waals surface area contributed by atoms with Crippen LogP contribution in [-0.4, -0.2) is 24.3 Å². The van der Waals surface area contributed by atoms with Gasteiger partial charge < -0.3 is 10.1 Å². The Morgan fingerprint density at radius 3 is 2.44 bits per heavy atom. The molecule has 2 rings (SSSR count). The number of ketones is 1. The second-order valence-corrected chi connectivity index (χ2v) is 8.14. The number of Topliss-reactive ketones (excluding diaryl/α,β-unsaturated/α-hetero) is 1. The highest BCUT2D eigenvalue weighted by Gasteiger charge is 2.21. The number of nitrogens with one attached hydrogen (secondary N) is 1. The minimum absolute atomic E-state index is 0.0529. The van der Waals surface area contributed by atoms with E-state index in [0.717, 1.165) is 10.4 Å². The van der Waals surface area contributed by atoms with Crippen LogP contribution in [0.5, 0.6) is 0 Å². The molecule has 142 valence electrons. The Bertz CT molecular complexity index is 831. The van der Waals surface area contributed by atoms with Crippen LogP contribution in [0.1, 0.15) is 40.9 Å². The number of carbonyl (C=O) groups is 3. The highest BCUT2D eigenvalue weighted by atomic mass is 32.1. The Balaban J connectivity index is 1.81. The van der Waals surface area contributed by atoms with Crippen LogP contribution in [0.3, 0.4) is 0 Å². The summed E-state index contributed by atoms with van der Waals surface area (Å²) in [5, 5.41) is 2.84. The molecule has 1 aromatic carbocycles. The Labute approximate surface area is 163 Å². The molecule has 0 spiro atoms. The number of hydrogen-bond acceptors (Lipinski definition) is 5. The first-order valence-electron chi connectivity index (χ1n) is 8.56. The lowest BCUT2D eigenvalue weighted by Gasteiger charge is -2.17. The molecule has 6 heteroatoms. The van der Waals surface area contributed by atoms with Gasteiger partial charge in [-0.15, -0.1) is 11.3 Å². The smallest absolute Gasteiger partial charge is 0.331 e. The van der Waals surface area contributed by atoms with Crippen molar-refractivity contribution in [3.05, 3.63) is 63.9 Å². The van der Waals surface area contributed by atoms with Gasteiger partial charge in [0.15, 0.2) is 6.61 Å². The number of amides is 1. The lowest BCUT2D eigenvalue weighted by molar-refractivity contribution is -0.136. The molecule has 0 aliphatic carbocycles. The van der Waals surface area contributed by atoms with Gasteiger partial charge in [-0.3, -0.25) is 9.59 Å². The van der Waals surface area contributed by atoms with Gasteiger partial charge in [0.2, 0.25) is 11.7 Å². The molecule has 0 atom stereocenters. The minimum Gasteiger partial charge on any atom is -0.454 e. The molecule has 1 heterocycles. The summed E-state index contributed by atoms with van der Waals surface area (Å²) in [5.41, 5.74) is 0.415. The molecule has 0 aliphatic rings. The van der Waals surface area contributed by atoms with E-state index >= 15 is 0 Å². The van der Waals surface area contributed by atoms with Crippen molar-refractivity contribution < 1.29 is 19.1 Å². The second kappa shape index (κ2) is 9.28. The van der Waals surface area contributed by atoms with Crippen LogP contribution in [0.4, 0.5) is 0 Å². The average molecular weight is 385 g/mol. The van der Waals surface area contributed by atoms with E-state index in [1.165, 1.54) is 17.4 Å². The van der Waals surface area contributed by atoms with Crippen molar-refractivity contribution in [2.45, 2.75) is 27.3 Å². The highest BCUT2D eigenvalue weighted by molar-refractivity contribution is 7.14. The Morgan fingerprint density at radius 2 is 1.78 bits per heavy atom. The molecule has 0 saturated carbocycles. The van der Waals surface area contributed by atoms with Gasteiger partial charge in [-0.1, -0.05) is 51.1 Å². The summed E-state index contributed by atoms with van der Waals surface area (Å²) in [7, 11) is 0. The van der Waals surface area contributed by atoms with Crippen molar-refractivity contribution in [2.75, 3.05) is 6.61 Å². The molecule has 0 aliphatic heterocycles. The summed E-state index contributed by atoms with van der Waals surface area (Å²) in [4.78, 5) is 37.1. The predicted octanol–water partition coefficient (Wildman–Crippen LogP) is 3.85. The Morgan fingerprint density at radius 1 is 1.07 bits per heavy atom. The largest absolute Gasteiger partial charge is 0.454 e. The first kappa shape index (κ1) is 20.6. The van der Waals surface area contributed by atoms with Crippen molar-refractivity contribution in [1.82, 2.24) is 5.32 Å². The van der Waals surface area contributed by atoms with Crippen LogP contribution in [0.2, 0.25) is 0 Å². The first-order chi connectivity index (χ1) is 12.8. The SMILES string of the molecule is CC(C)(C)C(=O)NCc1ccc(C(=O)COC(=O)/C=C/c2ccccc2)s1. The Kier molecular flexibility index (Phi) is 7.07. The normalized spacial score (nSPS) is 11.4. The summed E-state index contributed by atoms with van der Waals surface area (Å²) in [5.74, 6) is -0.890. The van der Waals surface area contributed by atoms with E-state index in [2.05, 4.69) is 5.32 Å². The summed E-state index contributed by atoms with van der Waals surface area (Å²) in [6.45, 7) is 5.57.